The van der Waals surface area contributed by atoms with Crippen molar-refractivity contribution in [2.75, 3.05) is 0 Å². The maximum absolute atomic E-state index is 5.36. The summed E-state index contributed by atoms with van der Waals surface area (Å²) in [6.45, 7) is 0. The maximum atomic E-state index is 5.36. The average molecular weight is 797 g/mol. The molecule has 11 aromatic rings. The third-order valence-electron chi connectivity index (χ3n) is 11.1. The van der Waals surface area contributed by atoms with Crippen LogP contribution >= 0.6 is 11.3 Å². The van der Waals surface area contributed by atoms with Crippen molar-refractivity contribution in [2.24, 2.45) is 0 Å². The van der Waals surface area contributed by atoms with Crippen molar-refractivity contribution in [1.82, 2.24) is 19.9 Å². The van der Waals surface area contributed by atoms with Crippen LogP contribution in [-0.4, -0.2) is 19.9 Å². The number of hydrogen-bond donors (Lipinski definition) is 0. The van der Waals surface area contributed by atoms with Crippen molar-refractivity contribution >= 4 is 32.3 Å². The van der Waals surface area contributed by atoms with Gasteiger partial charge in [-0.25, -0.2) is 19.9 Å². The van der Waals surface area contributed by atoms with E-state index >= 15 is 0 Å². The van der Waals surface area contributed by atoms with Gasteiger partial charge in [0.05, 0.1) is 15.9 Å². The second-order valence-corrected chi connectivity index (χ2v) is 16.0. The van der Waals surface area contributed by atoms with Crippen molar-refractivity contribution in [2.45, 2.75) is 0 Å². The Bertz CT molecular complexity index is 3230. The van der Waals surface area contributed by atoms with Crippen molar-refractivity contribution in [3.63, 3.8) is 0 Å². The highest BCUT2D eigenvalue weighted by Crippen LogP contribution is 2.50. The summed E-state index contributed by atoms with van der Waals surface area (Å²) in [5.74, 6) is 1.84. The van der Waals surface area contributed by atoms with Crippen molar-refractivity contribution in [3.8, 4) is 89.2 Å². The largest absolute Gasteiger partial charge is 0.246 e. The average Bonchev–Trinajstić information content (AvgIpc) is 3.76. The first-order valence-corrected chi connectivity index (χ1v) is 21.2. The molecule has 8 aromatic carbocycles. The molecule has 0 radical (unpaired) electrons. The zero-order chi connectivity index (χ0) is 40.5. The molecule has 0 N–H and O–H groups in total. The summed E-state index contributed by atoms with van der Waals surface area (Å²) in [5.41, 5.74) is 13.8. The number of benzene rings is 8. The van der Waals surface area contributed by atoms with Gasteiger partial charge in [-0.05, 0) is 51.6 Å². The first kappa shape index (κ1) is 36.2. The zero-order valence-electron chi connectivity index (χ0n) is 33.0. The lowest BCUT2D eigenvalue weighted by molar-refractivity contribution is 1.07. The molecule has 4 nitrogen and oxygen atoms in total. The van der Waals surface area contributed by atoms with Gasteiger partial charge in [-0.1, -0.05) is 200 Å². The molecule has 3 aromatic heterocycles. The predicted octanol–water partition coefficient (Wildman–Crippen LogP) is 15.0. The lowest BCUT2D eigenvalue weighted by Crippen LogP contribution is -2.00. The van der Waals surface area contributed by atoms with E-state index in [0.29, 0.717) is 17.5 Å². The van der Waals surface area contributed by atoms with Crippen molar-refractivity contribution < 1.29 is 0 Å². The Morgan fingerprint density at radius 3 is 1.28 bits per heavy atom. The number of nitrogens with zero attached hydrogens (tertiary/aromatic N) is 4. The summed E-state index contributed by atoms with van der Waals surface area (Å²) < 4.78 is 1.16. The Balaban J connectivity index is 1.06. The van der Waals surface area contributed by atoms with Gasteiger partial charge in [0.1, 0.15) is 0 Å². The standard InChI is InChI=1S/C56H36N4S/c1-5-17-37(18-6-1)43-25-15-27-45(35-43)55-58-54(59-56(60-55)46-28-16-26-44(36-46)38-19-7-2-8-20-38)42-33-31-40(32-34-42)51-53-50(47-29-13-14-30-48(47)57-51)49(39-21-9-3-10-22-39)52(61-53)41-23-11-4-12-24-41/h1-36H. The van der Waals surface area contributed by atoms with Crippen LogP contribution in [0.4, 0.5) is 0 Å². The molecule has 0 bridgehead atoms. The van der Waals surface area contributed by atoms with E-state index in [1.54, 1.807) is 0 Å². The molecular formula is C56H36N4S. The second-order valence-electron chi connectivity index (χ2n) is 15.0. The number of para-hydroxylation sites is 1. The van der Waals surface area contributed by atoms with Gasteiger partial charge in [0.25, 0.3) is 0 Å². The molecule has 0 saturated carbocycles. The molecule has 0 atom stereocenters. The van der Waals surface area contributed by atoms with Gasteiger partial charge in [0, 0.05) is 43.5 Å². The Morgan fingerprint density at radius 1 is 0.295 bits per heavy atom. The molecule has 5 heteroatoms. The van der Waals surface area contributed by atoms with Crippen LogP contribution in [0.1, 0.15) is 0 Å². The summed E-state index contributed by atoms with van der Waals surface area (Å²) in [7, 11) is 0. The topological polar surface area (TPSA) is 51.6 Å². The lowest BCUT2D eigenvalue weighted by Gasteiger charge is -2.12. The minimum Gasteiger partial charge on any atom is -0.246 e. The van der Waals surface area contributed by atoms with E-state index in [4.69, 9.17) is 19.9 Å². The Morgan fingerprint density at radius 2 is 0.721 bits per heavy atom. The molecule has 0 saturated heterocycles. The van der Waals surface area contributed by atoms with E-state index in [-0.39, 0.29) is 0 Å². The van der Waals surface area contributed by atoms with Crippen LogP contribution in [0.5, 0.6) is 0 Å². The number of hydrogen-bond acceptors (Lipinski definition) is 5. The predicted molar refractivity (Wildman–Crippen MR) is 254 cm³/mol. The summed E-state index contributed by atoms with van der Waals surface area (Å²) in [5, 5.41) is 2.37. The van der Waals surface area contributed by atoms with Crippen LogP contribution < -0.4 is 0 Å². The monoisotopic (exact) mass is 796 g/mol. The van der Waals surface area contributed by atoms with Gasteiger partial charge in [-0.15, -0.1) is 11.3 Å². The molecule has 0 unspecified atom stereocenters. The van der Waals surface area contributed by atoms with E-state index in [2.05, 4.69) is 206 Å². The van der Waals surface area contributed by atoms with Crippen LogP contribution in [0.3, 0.4) is 0 Å². The van der Waals surface area contributed by atoms with Crippen molar-refractivity contribution in [1.29, 1.82) is 0 Å². The Labute approximate surface area is 358 Å². The molecule has 61 heavy (non-hydrogen) atoms. The molecule has 11 rings (SSSR count). The molecule has 0 amide bonds. The van der Waals surface area contributed by atoms with Gasteiger partial charge >= 0.3 is 0 Å². The van der Waals surface area contributed by atoms with Gasteiger partial charge in [0.15, 0.2) is 17.5 Å². The minimum atomic E-state index is 0.604. The molecule has 0 aliphatic rings. The molecule has 0 fully saturated rings. The normalized spacial score (nSPS) is 11.3. The third-order valence-corrected chi connectivity index (χ3v) is 12.4. The van der Waals surface area contributed by atoms with Gasteiger partial charge in [-0.3, -0.25) is 0 Å². The second kappa shape index (κ2) is 15.7. The summed E-state index contributed by atoms with van der Waals surface area (Å²) in [4.78, 5) is 22.0. The molecule has 0 aliphatic heterocycles. The third kappa shape index (κ3) is 6.97. The van der Waals surface area contributed by atoms with Gasteiger partial charge in [0.2, 0.25) is 0 Å². The lowest BCUT2D eigenvalue weighted by atomic mass is 9.95. The zero-order valence-corrected chi connectivity index (χ0v) is 33.8. The SMILES string of the molecule is c1ccc(-c2cccc(-c3nc(-c4ccc(-c5nc6ccccc6c6c(-c7ccccc7)c(-c7ccccc7)sc56)cc4)nc(-c4cccc(-c5ccccc5)c4)n3)c2)cc1. The highest BCUT2D eigenvalue weighted by molar-refractivity contribution is 7.23. The van der Waals surface area contributed by atoms with Crippen LogP contribution in [0, 0.1) is 0 Å². The Hall–Kier alpha value is -7.86. The van der Waals surface area contributed by atoms with Crippen LogP contribution in [0.2, 0.25) is 0 Å². The van der Waals surface area contributed by atoms with Crippen LogP contribution in [-0.2, 0) is 0 Å². The van der Waals surface area contributed by atoms with Crippen molar-refractivity contribution in [3.05, 3.63) is 218 Å². The molecule has 0 aliphatic carbocycles. The van der Waals surface area contributed by atoms with Crippen LogP contribution in [0.15, 0.2) is 218 Å². The summed E-state index contributed by atoms with van der Waals surface area (Å²) in [6.07, 6.45) is 0. The van der Waals surface area contributed by atoms with Crippen LogP contribution in [0.25, 0.3) is 110 Å². The fourth-order valence-corrected chi connectivity index (χ4v) is 9.51. The maximum Gasteiger partial charge on any atom is 0.164 e. The fraction of sp³-hybridized carbons (Fsp3) is 0. The van der Waals surface area contributed by atoms with E-state index in [0.717, 1.165) is 65.8 Å². The smallest absolute Gasteiger partial charge is 0.164 e. The van der Waals surface area contributed by atoms with Gasteiger partial charge < -0.3 is 0 Å². The van der Waals surface area contributed by atoms with Gasteiger partial charge in [-0.2, -0.15) is 0 Å². The summed E-state index contributed by atoms with van der Waals surface area (Å²) >= 11 is 1.81. The van der Waals surface area contributed by atoms with E-state index in [1.165, 1.54) is 27.0 Å². The quantitative estimate of drug-likeness (QED) is 0.154. The molecule has 3 heterocycles. The number of thiophene rings is 1. The highest BCUT2D eigenvalue weighted by atomic mass is 32.1. The highest BCUT2D eigenvalue weighted by Gasteiger charge is 2.22. The first-order valence-electron chi connectivity index (χ1n) is 20.4. The first-order chi connectivity index (χ1) is 30.2. The number of aromatic nitrogens is 4. The number of rotatable bonds is 8. The molecule has 0 spiro atoms. The number of pyridine rings is 1. The van der Waals surface area contributed by atoms with E-state index in [9.17, 15) is 0 Å². The minimum absolute atomic E-state index is 0.604. The summed E-state index contributed by atoms with van der Waals surface area (Å²) in [6, 6.07) is 76.2. The van der Waals surface area contributed by atoms with E-state index in [1.807, 2.05) is 23.5 Å². The Kier molecular flexibility index (Phi) is 9.34. The fourth-order valence-electron chi connectivity index (χ4n) is 8.15. The molecular weight excluding hydrogens is 761 g/mol. The van der Waals surface area contributed by atoms with E-state index < -0.39 is 0 Å². The molecule has 286 valence electrons. The number of fused-ring (bicyclic) bond motifs is 3.